The van der Waals surface area contributed by atoms with Crippen molar-refractivity contribution in [2.45, 2.75) is 46.6 Å². The van der Waals surface area contributed by atoms with Gasteiger partial charge in [0.2, 0.25) is 0 Å². The van der Waals surface area contributed by atoms with E-state index in [0.29, 0.717) is 10.4 Å². The van der Waals surface area contributed by atoms with Gasteiger partial charge in [0.25, 0.3) is 5.91 Å². The summed E-state index contributed by atoms with van der Waals surface area (Å²) < 4.78 is 7.56. The van der Waals surface area contributed by atoms with Crippen LogP contribution in [0.1, 0.15) is 47.8 Å². The van der Waals surface area contributed by atoms with E-state index in [1.54, 1.807) is 16.7 Å². The molecule has 2 aromatic carbocycles. The SMILES string of the molecule is COC(=O)Cn1c(=NC(=O)c2ccc(C(C)(C)C)cc2)sc2cc(C)c(C)cc21. The molecule has 1 amide bonds. The number of carbonyl (C=O) groups is 2. The van der Waals surface area contributed by atoms with E-state index < -0.39 is 0 Å². The number of thiazole rings is 1. The molecule has 0 saturated heterocycles. The number of methoxy groups -OCH3 is 1. The first-order valence-electron chi connectivity index (χ1n) is 9.47. The van der Waals surface area contributed by atoms with Crippen LogP contribution in [0, 0.1) is 13.8 Å². The summed E-state index contributed by atoms with van der Waals surface area (Å²) in [5.74, 6) is -0.713. The Kier molecular flexibility index (Phi) is 5.75. The van der Waals surface area contributed by atoms with Crippen LogP contribution in [0.2, 0.25) is 0 Å². The van der Waals surface area contributed by atoms with Gasteiger partial charge in [-0.05, 0) is 60.2 Å². The van der Waals surface area contributed by atoms with E-state index in [-0.39, 0.29) is 23.8 Å². The van der Waals surface area contributed by atoms with Crippen molar-refractivity contribution in [1.29, 1.82) is 0 Å². The molecule has 1 heterocycles. The van der Waals surface area contributed by atoms with Crippen LogP contribution in [-0.4, -0.2) is 23.6 Å². The number of aryl methyl sites for hydroxylation is 2. The molecule has 0 unspecified atom stereocenters. The summed E-state index contributed by atoms with van der Waals surface area (Å²) in [6, 6.07) is 11.6. The molecule has 0 atom stereocenters. The second kappa shape index (κ2) is 7.95. The van der Waals surface area contributed by atoms with Crippen LogP contribution in [0.5, 0.6) is 0 Å². The quantitative estimate of drug-likeness (QED) is 0.596. The number of ether oxygens (including phenoxy) is 1. The van der Waals surface area contributed by atoms with Crippen molar-refractivity contribution in [3.8, 4) is 0 Å². The van der Waals surface area contributed by atoms with E-state index in [0.717, 1.165) is 26.9 Å². The third-order valence-corrected chi connectivity index (χ3v) is 6.05. The molecule has 152 valence electrons. The maximum Gasteiger partial charge on any atom is 0.325 e. The fourth-order valence-electron chi connectivity index (χ4n) is 3.02. The number of amides is 1. The molecule has 6 heteroatoms. The van der Waals surface area contributed by atoms with Crippen molar-refractivity contribution in [2.75, 3.05) is 7.11 Å². The van der Waals surface area contributed by atoms with Crippen molar-refractivity contribution in [1.82, 2.24) is 4.57 Å². The zero-order chi connectivity index (χ0) is 21.3. The highest BCUT2D eigenvalue weighted by molar-refractivity contribution is 7.16. The smallest absolute Gasteiger partial charge is 0.325 e. The van der Waals surface area contributed by atoms with Crippen LogP contribution >= 0.6 is 11.3 Å². The lowest BCUT2D eigenvalue weighted by molar-refractivity contribution is -0.141. The van der Waals surface area contributed by atoms with Gasteiger partial charge in [0.1, 0.15) is 6.54 Å². The molecule has 3 rings (SSSR count). The number of nitrogens with zero attached hydrogens (tertiary/aromatic N) is 2. The average molecular weight is 411 g/mol. The van der Waals surface area contributed by atoms with Crippen LogP contribution in [0.4, 0.5) is 0 Å². The Morgan fingerprint density at radius 3 is 2.28 bits per heavy atom. The van der Waals surface area contributed by atoms with Gasteiger partial charge in [-0.1, -0.05) is 44.2 Å². The van der Waals surface area contributed by atoms with Crippen molar-refractivity contribution < 1.29 is 14.3 Å². The molecular weight excluding hydrogens is 384 g/mol. The topological polar surface area (TPSA) is 60.7 Å². The predicted molar refractivity (Wildman–Crippen MR) is 116 cm³/mol. The van der Waals surface area contributed by atoms with Crippen molar-refractivity contribution in [2.24, 2.45) is 4.99 Å². The third-order valence-electron chi connectivity index (χ3n) is 5.01. The van der Waals surface area contributed by atoms with Gasteiger partial charge in [0.05, 0.1) is 17.3 Å². The molecule has 5 nitrogen and oxygen atoms in total. The lowest BCUT2D eigenvalue weighted by atomic mass is 9.87. The van der Waals surface area contributed by atoms with Gasteiger partial charge in [-0.25, -0.2) is 0 Å². The average Bonchev–Trinajstić information content (AvgIpc) is 2.97. The van der Waals surface area contributed by atoms with Gasteiger partial charge in [-0.2, -0.15) is 4.99 Å². The Bertz CT molecular complexity index is 1150. The third kappa shape index (κ3) is 4.48. The number of benzene rings is 2. The fraction of sp³-hybridized carbons (Fsp3) is 0.348. The van der Waals surface area contributed by atoms with E-state index in [2.05, 4.69) is 31.8 Å². The minimum absolute atomic E-state index is 0.00801. The number of fused-ring (bicyclic) bond motifs is 1. The number of aromatic nitrogens is 1. The van der Waals surface area contributed by atoms with Gasteiger partial charge in [0, 0.05) is 5.56 Å². The van der Waals surface area contributed by atoms with Crippen molar-refractivity contribution in [3.63, 3.8) is 0 Å². The second-order valence-corrected chi connectivity index (χ2v) is 9.20. The molecule has 0 aliphatic heterocycles. The van der Waals surface area contributed by atoms with Crippen LogP contribution in [0.3, 0.4) is 0 Å². The summed E-state index contributed by atoms with van der Waals surface area (Å²) in [7, 11) is 1.35. The largest absolute Gasteiger partial charge is 0.468 e. The lowest BCUT2D eigenvalue weighted by Crippen LogP contribution is -2.22. The normalized spacial score (nSPS) is 12.4. The van der Waals surface area contributed by atoms with Crippen molar-refractivity contribution >= 4 is 33.4 Å². The van der Waals surface area contributed by atoms with Gasteiger partial charge < -0.3 is 9.30 Å². The Balaban J connectivity index is 2.09. The molecule has 1 aromatic heterocycles. The standard InChI is InChI=1S/C23H26N2O3S/c1-14-11-18-19(12-15(14)2)29-22(25(18)13-20(26)28-6)24-21(27)16-7-9-17(10-8-16)23(3,4)5/h7-12H,13H2,1-6H3. The number of esters is 1. The number of carbonyl (C=O) groups excluding carboxylic acids is 2. The first-order valence-corrected chi connectivity index (χ1v) is 10.3. The fourth-order valence-corrected chi connectivity index (χ4v) is 4.13. The summed E-state index contributed by atoms with van der Waals surface area (Å²) in [4.78, 5) is 29.6. The van der Waals surface area contributed by atoms with E-state index in [1.165, 1.54) is 18.4 Å². The van der Waals surface area contributed by atoms with E-state index in [4.69, 9.17) is 4.74 Å². The molecule has 0 aliphatic carbocycles. The Morgan fingerprint density at radius 1 is 1.07 bits per heavy atom. The Labute approximate surface area is 174 Å². The van der Waals surface area contributed by atoms with E-state index >= 15 is 0 Å². The summed E-state index contributed by atoms with van der Waals surface area (Å²) in [6.07, 6.45) is 0. The highest BCUT2D eigenvalue weighted by Gasteiger charge is 2.16. The lowest BCUT2D eigenvalue weighted by Gasteiger charge is -2.18. The minimum Gasteiger partial charge on any atom is -0.468 e. The molecule has 0 aliphatic rings. The second-order valence-electron chi connectivity index (χ2n) is 8.20. The maximum absolute atomic E-state index is 12.8. The molecule has 0 N–H and O–H groups in total. The molecule has 0 fully saturated rings. The van der Waals surface area contributed by atoms with Gasteiger partial charge >= 0.3 is 5.97 Å². The molecule has 0 radical (unpaired) electrons. The first kappa shape index (κ1) is 21.0. The summed E-state index contributed by atoms with van der Waals surface area (Å²) in [6.45, 7) is 10.5. The predicted octanol–water partition coefficient (Wildman–Crippen LogP) is 4.53. The van der Waals surface area contributed by atoms with Gasteiger partial charge in [0.15, 0.2) is 4.80 Å². The molecule has 29 heavy (non-hydrogen) atoms. The van der Waals surface area contributed by atoms with Gasteiger partial charge in [-0.15, -0.1) is 0 Å². The summed E-state index contributed by atoms with van der Waals surface area (Å²) in [5, 5.41) is 0. The van der Waals surface area contributed by atoms with Crippen LogP contribution in [-0.2, 0) is 21.5 Å². The maximum atomic E-state index is 12.8. The molecular formula is C23H26N2O3S. The van der Waals surface area contributed by atoms with Gasteiger partial charge in [-0.3, -0.25) is 9.59 Å². The van der Waals surface area contributed by atoms with Crippen LogP contribution in [0.25, 0.3) is 10.2 Å². The number of rotatable bonds is 3. The van der Waals surface area contributed by atoms with E-state index in [1.807, 2.05) is 32.0 Å². The molecule has 0 spiro atoms. The number of hydrogen-bond donors (Lipinski definition) is 0. The van der Waals surface area contributed by atoms with Crippen LogP contribution < -0.4 is 4.80 Å². The summed E-state index contributed by atoms with van der Waals surface area (Å²) in [5.41, 5.74) is 4.83. The highest BCUT2D eigenvalue weighted by Crippen LogP contribution is 2.23. The zero-order valence-corrected chi connectivity index (χ0v) is 18.5. The Morgan fingerprint density at radius 2 is 1.69 bits per heavy atom. The highest BCUT2D eigenvalue weighted by atomic mass is 32.1. The monoisotopic (exact) mass is 410 g/mol. The first-order chi connectivity index (χ1) is 13.6. The minimum atomic E-state index is -0.383. The molecule has 0 saturated carbocycles. The Hall–Kier alpha value is -2.73. The molecule has 3 aromatic rings. The van der Waals surface area contributed by atoms with Crippen LogP contribution in [0.15, 0.2) is 41.4 Å². The van der Waals surface area contributed by atoms with E-state index in [9.17, 15) is 9.59 Å². The zero-order valence-electron chi connectivity index (χ0n) is 17.7. The van der Waals surface area contributed by atoms with Crippen molar-refractivity contribution in [3.05, 3.63) is 63.5 Å². The summed E-state index contributed by atoms with van der Waals surface area (Å²) >= 11 is 1.40. The number of hydrogen-bond acceptors (Lipinski definition) is 4. The molecule has 0 bridgehead atoms.